The largest absolute Gasteiger partial charge is 0.507 e. The molecular weight excluding hydrogens is 500 g/mol. The van der Waals surface area contributed by atoms with E-state index in [1.807, 2.05) is 0 Å². The van der Waals surface area contributed by atoms with Crippen molar-refractivity contribution >= 4 is 34.4 Å². The molecule has 1 amide bonds. The zero-order valence-corrected chi connectivity index (χ0v) is 20.4. The Morgan fingerprint density at radius 3 is 2.39 bits per heavy atom. The molecule has 1 fully saturated rings. The van der Waals surface area contributed by atoms with Crippen LogP contribution < -0.4 is 19.1 Å². The number of H-pyrrole nitrogens is 1. The average Bonchev–Trinajstić information content (AvgIpc) is 3.45. The van der Waals surface area contributed by atoms with Crippen molar-refractivity contribution in [3.63, 3.8) is 0 Å². The number of methoxy groups -OCH3 is 3. The van der Waals surface area contributed by atoms with Crippen LogP contribution >= 0.6 is 0 Å². The molecule has 194 valence electrons. The fourth-order valence-corrected chi connectivity index (χ4v) is 4.42. The molecule has 0 spiro atoms. The predicted octanol–water partition coefficient (Wildman–Crippen LogP) is 4.49. The number of Topliss-reactive ketones (excluding diaryl/α,β-unsaturated/α-hetero) is 1. The van der Waals surface area contributed by atoms with Crippen molar-refractivity contribution in [2.24, 2.45) is 0 Å². The molecular formula is C27H21F2N3O6. The number of ketones is 1. The first kappa shape index (κ1) is 24.8. The van der Waals surface area contributed by atoms with Gasteiger partial charge in [-0.15, -0.1) is 0 Å². The molecule has 1 atom stereocenters. The normalized spacial score (nSPS) is 16.8. The van der Waals surface area contributed by atoms with Gasteiger partial charge in [-0.2, -0.15) is 0 Å². The molecule has 1 unspecified atom stereocenters. The summed E-state index contributed by atoms with van der Waals surface area (Å²) in [6.07, 6.45) is 0. The molecule has 1 aliphatic rings. The van der Waals surface area contributed by atoms with Gasteiger partial charge in [-0.25, -0.2) is 13.8 Å². The van der Waals surface area contributed by atoms with E-state index in [2.05, 4.69) is 9.97 Å². The third-order valence-corrected chi connectivity index (χ3v) is 6.25. The van der Waals surface area contributed by atoms with Gasteiger partial charge in [-0.05, 0) is 35.9 Å². The van der Waals surface area contributed by atoms with E-state index < -0.39 is 35.1 Å². The topological polar surface area (TPSA) is 114 Å². The van der Waals surface area contributed by atoms with E-state index in [1.165, 1.54) is 33.5 Å². The molecule has 11 heteroatoms. The summed E-state index contributed by atoms with van der Waals surface area (Å²) in [5.41, 5.74) is 0.550. The molecule has 0 aliphatic carbocycles. The Labute approximate surface area is 214 Å². The number of aliphatic hydroxyl groups is 1. The molecule has 3 aromatic carbocycles. The summed E-state index contributed by atoms with van der Waals surface area (Å²) in [6.45, 7) is 0. The first-order valence-electron chi connectivity index (χ1n) is 11.3. The number of aliphatic hydroxyl groups excluding tert-OH is 1. The summed E-state index contributed by atoms with van der Waals surface area (Å²) in [6, 6.07) is 11.7. The molecule has 4 aromatic rings. The number of amides is 1. The van der Waals surface area contributed by atoms with E-state index in [9.17, 15) is 23.5 Å². The number of hydrogen-bond acceptors (Lipinski definition) is 7. The van der Waals surface area contributed by atoms with Crippen molar-refractivity contribution in [3.8, 4) is 17.2 Å². The smallest absolute Gasteiger partial charge is 0.302 e. The number of nitrogens with one attached hydrogen (secondary N) is 1. The predicted molar refractivity (Wildman–Crippen MR) is 133 cm³/mol. The fourth-order valence-electron chi connectivity index (χ4n) is 4.42. The lowest BCUT2D eigenvalue weighted by Crippen LogP contribution is -2.30. The Morgan fingerprint density at radius 1 is 0.947 bits per heavy atom. The molecule has 5 rings (SSSR count). The number of rotatable bonds is 6. The number of carbonyl (C=O) groups is 2. The number of imidazole rings is 1. The monoisotopic (exact) mass is 521 g/mol. The molecule has 2 N–H and O–H groups in total. The average molecular weight is 521 g/mol. The number of aromatic amines is 1. The van der Waals surface area contributed by atoms with Gasteiger partial charge in [0.05, 0.1) is 44.0 Å². The number of carbonyl (C=O) groups excluding carboxylic acids is 2. The van der Waals surface area contributed by atoms with Gasteiger partial charge in [0.2, 0.25) is 5.95 Å². The van der Waals surface area contributed by atoms with Crippen molar-refractivity contribution in [1.82, 2.24) is 9.97 Å². The summed E-state index contributed by atoms with van der Waals surface area (Å²) in [4.78, 5) is 34.8. The minimum Gasteiger partial charge on any atom is -0.507 e. The Morgan fingerprint density at radius 2 is 1.68 bits per heavy atom. The van der Waals surface area contributed by atoms with Crippen molar-refractivity contribution in [2.75, 3.05) is 26.2 Å². The summed E-state index contributed by atoms with van der Waals surface area (Å²) in [7, 11) is 4.34. The van der Waals surface area contributed by atoms with Crippen molar-refractivity contribution in [1.29, 1.82) is 0 Å². The number of halogens is 2. The van der Waals surface area contributed by atoms with Crippen LogP contribution in [0.4, 0.5) is 14.7 Å². The number of aromatic nitrogens is 2. The lowest BCUT2D eigenvalue weighted by molar-refractivity contribution is -0.132. The molecule has 1 aromatic heterocycles. The van der Waals surface area contributed by atoms with Crippen LogP contribution in [0.1, 0.15) is 17.2 Å². The van der Waals surface area contributed by atoms with Gasteiger partial charge < -0.3 is 24.3 Å². The highest BCUT2D eigenvalue weighted by atomic mass is 19.2. The van der Waals surface area contributed by atoms with Crippen LogP contribution in [0.25, 0.3) is 16.8 Å². The highest BCUT2D eigenvalue weighted by molar-refractivity contribution is 6.51. The Balaban J connectivity index is 1.74. The second kappa shape index (κ2) is 9.51. The minimum absolute atomic E-state index is 0.0464. The maximum atomic E-state index is 13.8. The van der Waals surface area contributed by atoms with E-state index in [0.717, 1.165) is 17.0 Å². The van der Waals surface area contributed by atoms with Gasteiger partial charge in [-0.3, -0.25) is 14.5 Å². The maximum absolute atomic E-state index is 13.8. The number of fused-ring (bicyclic) bond motifs is 1. The van der Waals surface area contributed by atoms with Gasteiger partial charge in [-0.1, -0.05) is 12.1 Å². The highest BCUT2D eigenvalue weighted by Gasteiger charge is 2.48. The molecule has 38 heavy (non-hydrogen) atoms. The fraction of sp³-hybridized carbons (Fsp3) is 0.148. The Hall–Kier alpha value is -4.93. The first-order valence-corrected chi connectivity index (χ1v) is 11.3. The van der Waals surface area contributed by atoms with Crippen molar-refractivity contribution in [2.45, 2.75) is 6.04 Å². The molecule has 0 saturated carbocycles. The summed E-state index contributed by atoms with van der Waals surface area (Å²) in [5.74, 6) is -3.67. The van der Waals surface area contributed by atoms with Crippen LogP contribution in [0.2, 0.25) is 0 Å². The molecule has 2 heterocycles. The summed E-state index contributed by atoms with van der Waals surface area (Å²) < 4.78 is 43.5. The third kappa shape index (κ3) is 3.97. The van der Waals surface area contributed by atoms with E-state index >= 15 is 0 Å². The van der Waals surface area contributed by atoms with Crippen molar-refractivity contribution < 1.29 is 37.7 Å². The maximum Gasteiger partial charge on any atom is 0.302 e. The molecule has 1 aliphatic heterocycles. The second-order valence-corrected chi connectivity index (χ2v) is 8.36. The number of hydrogen-bond donors (Lipinski definition) is 2. The van der Waals surface area contributed by atoms with Gasteiger partial charge in [0.15, 0.2) is 23.1 Å². The number of benzene rings is 3. The molecule has 0 radical (unpaired) electrons. The number of ether oxygens (including phenoxy) is 3. The van der Waals surface area contributed by atoms with Gasteiger partial charge >= 0.3 is 5.91 Å². The van der Waals surface area contributed by atoms with Crippen LogP contribution in [0.3, 0.4) is 0 Å². The van der Waals surface area contributed by atoms with E-state index in [0.29, 0.717) is 22.8 Å². The lowest BCUT2D eigenvalue weighted by atomic mass is 9.95. The van der Waals surface area contributed by atoms with Crippen LogP contribution in [0.5, 0.6) is 17.2 Å². The first-order chi connectivity index (χ1) is 18.3. The minimum atomic E-state index is -1.16. The van der Waals surface area contributed by atoms with Gasteiger partial charge in [0.1, 0.15) is 11.5 Å². The Bertz CT molecular complexity index is 1590. The van der Waals surface area contributed by atoms with Crippen LogP contribution in [0.15, 0.2) is 60.2 Å². The standard InChI is InChI=1S/C27H21F2N3O6/c1-36-15-6-4-5-13(9-15)23-22(24(33)14-7-8-20(37-2)21(10-14)38-3)25(34)26(35)32(23)27-30-18-11-16(28)17(29)12-19(18)31-27/h4-12,23,33H,1-3H3,(H,30,31)/b24-22+. The second-order valence-electron chi connectivity index (χ2n) is 8.36. The lowest BCUT2D eigenvalue weighted by Gasteiger charge is -2.23. The van der Waals surface area contributed by atoms with Gasteiger partial charge in [0.25, 0.3) is 5.78 Å². The molecule has 1 saturated heterocycles. The number of nitrogens with zero attached hydrogens (tertiary/aromatic N) is 2. The zero-order chi connectivity index (χ0) is 27.1. The summed E-state index contributed by atoms with van der Waals surface area (Å²) >= 11 is 0. The van der Waals surface area contributed by atoms with E-state index in [4.69, 9.17) is 14.2 Å². The van der Waals surface area contributed by atoms with Crippen molar-refractivity contribution in [3.05, 3.63) is 82.9 Å². The summed E-state index contributed by atoms with van der Waals surface area (Å²) in [5, 5.41) is 11.4. The molecule has 0 bridgehead atoms. The zero-order valence-electron chi connectivity index (χ0n) is 20.4. The third-order valence-electron chi connectivity index (χ3n) is 6.25. The molecule has 9 nitrogen and oxygen atoms in total. The Kier molecular flexibility index (Phi) is 6.19. The van der Waals surface area contributed by atoms with E-state index in [-0.39, 0.29) is 28.1 Å². The van der Waals surface area contributed by atoms with Crippen LogP contribution in [0, 0.1) is 11.6 Å². The van der Waals surface area contributed by atoms with Gasteiger partial charge in [0, 0.05) is 17.7 Å². The highest BCUT2D eigenvalue weighted by Crippen LogP contribution is 2.43. The number of anilines is 1. The van der Waals surface area contributed by atoms with Crippen LogP contribution in [-0.2, 0) is 9.59 Å². The quantitative estimate of drug-likeness (QED) is 0.218. The van der Waals surface area contributed by atoms with Crippen LogP contribution in [-0.4, -0.2) is 48.1 Å². The SMILES string of the molecule is COc1cccc(C2/C(=C(\O)c3ccc(OC)c(OC)c3)C(=O)C(=O)N2c2nc3cc(F)c(F)cc3[nH]2)c1. The van der Waals surface area contributed by atoms with E-state index in [1.54, 1.807) is 30.3 Å².